The first-order chi connectivity index (χ1) is 7.66. The van der Waals surface area contributed by atoms with E-state index in [9.17, 15) is 9.59 Å². The van der Waals surface area contributed by atoms with Crippen LogP contribution in [0.5, 0.6) is 0 Å². The highest BCUT2D eigenvalue weighted by molar-refractivity contribution is 6.63. The second-order valence-electron chi connectivity index (χ2n) is 3.97. The molecular weight excluding hydrogens is 226 g/mol. The smallest absolute Gasteiger partial charge is 0.222 e. The normalized spacial score (nSPS) is 10.1. The Bertz CT molecular complexity index is 207. The highest BCUT2D eigenvalue weighted by atomic mass is 35.5. The van der Waals surface area contributed by atoms with Crippen LogP contribution in [0.25, 0.3) is 0 Å². The lowest BCUT2D eigenvalue weighted by molar-refractivity contribution is -0.123. The first kappa shape index (κ1) is 15.4. The van der Waals surface area contributed by atoms with Crippen LogP contribution < -0.4 is 5.32 Å². The molecule has 3 nitrogen and oxygen atoms in total. The predicted molar refractivity (Wildman–Crippen MR) is 66.5 cm³/mol. The summed E-state index contributed by atoms with van der Waals surface area (Å²) in [6.07, 6.45) is 7.59. The SMILES string of the molecule is CCCCCCCCNC(=O)CCC(=O)Cl. The van der Waals surface area contributed by atoms with Gasteiger partial charge in [-0.05, 0) is 18.0 Å². The van der Waals surface area contributed by atoms with Crippen LogP contribution in [0.15, 0.2) is 0 Å². The molecule has 0 aliphatic heterocycles. The molecule has 0 atom stereocenters. The van der Waals surface area contributed by atoms with Crippen molar-refractivity contribution in [2.75, 3.05) is 6.54 Å². The average molecular weight is 248 g/mol. The monoisotopic (exact) mass is 247 g/mol. The molecule has 16 heavy (non-hydrogen) atoms. The van der Waals surface area contributed by atoms with Crippen LogP contribution in [0.4, 0.5) is 0 Å². The van der Waals surface area contributed by atoms with Gasteiger partial charge in [0.25, 0.3) is 0 Å². The molecule has 0 heterocycles. The molecule has 0 unspecified atom stereocenters. The standard InChI is InChI=1S/C12H22ClNO2/c1-2-3-4-5-6-7-10-14-12(16)9-8-11(13)15/h2-10H2,1H3,(H,14,16). The summed E-state index contributed by atoms with van der Waals surface area (Å²) in [6, 6.07) is 0. The van der Waals surface area contributed by atoms with Crippen LogP contribution in [-0.2, 0) is 9.59 Å². The Hall–Kier alpha value is -0.570. The largest absolute Gasteiger partial charge is 0.356 e. The summed E-state index contributed by atoms with van der Waals surface area (Å²) in [6.45, 7) is 2.90. The van der Waals surface area contributed by atoms with Crippen LogP contribution in [0.3, 0.4) is 0 Å². The molecule has 0 saturated carbocycles. The molecule has 0 fully saturated rings. The predicted octanol–water partition coefficient (Wildman–Crippen LogP) is 3.01. The summed E-state index contributed by atoms with van der Waals surface area (Å²) in [5, 5.41) is 2.33. The number of amides is 1. The summed E-state index contributed by atoms with van der Waals surface area (Å²) >= 11 is 5.14. The van der Waals surface area contributed by atoms with Crippen molar-refractivity contribution in [3.05, 3.63) is 0 Å². The van der Waals surface area contributed by atoms with Crippen molar-refractivity contribution in [1.82, 2.24) is 5.32 Å². The summed E-state index contributed by atoms with van der Waals surface area (Å²) in [4.78, 5) is 21.6. The van der Waals surface area contributed by atoms with Gasteiger partial charge in [-0.1, -0.05) is 39.0 Å². The topological polar surface area (TPSA) is 46.2 Å². The quantitative estimate of drug-likeness (QED) is 0.477. The number of rotatable bonds is 10. The van der Waals surface area contributed by atoms with Gasteiger partial charge in [0.1, 0.15) is 0 Å². The molecule has 0 saturated heterocycles. The molecule has 94 valence electrons. The van der Waals surface area contributed by atoms with E-state index in [1.165, 1.54) is 25.7 Å². The molecule has 4 heteroatoms. The van der Waals surface area contributed by atoms with Crippen molar-refractivity contribution in [3.8, 4) is 0 Å². The van der Waals surface area contributed by atoms with Gasteiger partial charge >= 0.3 is 0 Å². The van der Waals surface area contributed by atoms with E-state index in [0.29, 0.717) is 6.54 Å². The molecule has 1 amide bonds. The maximum atomic E-state index is 11.2. The Morgan fingerprint density at radius 2 is 1.62 bits per heavy atom. The highest BCUT2D eigenvalue weighted by Gasteiger charge is 2.03. The molecule has 0 rings (SSSR count). The van der Waals surface area contributed by atoms with E-state index >= 15 is 0 Å². The van der Waals surface area contributed by atoms with Crippen molar-refractivity contribution in [2.24, 2.45) is 0 Å². The van der Waals surface area contributed by atoms with Crippen molar-refractivity contribution >= 4 is 22.8 Å². The fraction of sp³-hybridized carbons (Fsp3) is 0.833. The summed E-state index contributed by atoms with van der Waals surface area (Å²) in [5.41, 5.74) is 0. The van der Waals surface area contributed by atoms with E-state index in [1.807, 2.05) is 0 Å². The minimum Gasteiger partial charge on any atom is -0.356 e. The van der Waals surface area contributed by atoms with Crippen LogP contribution in [0.2, 0.25) is 0 Å². The van der Waals surface area contributed by atoms with E-state index in [-0.39, 0.29) is 18.7 Å². The van der Waals surface area contributed by atoms with Gasteiger partial charge in [-0.3, -0.25) is 9.59 Å². The number of halogens is 1. The van der Waals surface area contributed by atoms with Crippen molar-refractivity contribution in [1.29, 1.82) is 0 Å². The minimum absolute atomic E-state index is 0.0810. The third-order valence-electron chi connectivity index (χ3n) is 2.40. The maximum Gasteiger partial charge on any atom is 0.222 e. The van der Waals surface area contributed by atoms with Gasteiger partial charge in [-0.2, -0.15) is 0 Å². The second kappa shape index (κ2) is 10.9. The molecule has 0 aromatic carbocycles. The molecule has 1 N–H and O–H groups in total. The van der Waals surface area contributed by atoms with Crippen molar-refractivity contribution < 1.29 is 9.59 Å². The van der Waals surface area contributed by atoms with Gasteiger partial charge in [0.15, 0.2) is 0 Å². The molecule has 0 spiro atoms. The molecule has 0 aromatic heterocycles. The zero-order chi connectivity index (χ0) is 12.2. The fourth-order valence-electron chi connectivity index (χ4n) is 1.43. The summed E-state index contributed by atoms with van der Waals surface area (Å²) in [7, 11) is 0. The molecule has 0 aliphatic rings. The fourth-order valence-corrected chi connectivity index (χ4v) is 1.53. The zero-order valence-electron chi connectivity index (χ0n) is 10.1. The number of hydrogen-bond acceptors (Lipinski definition) is 2. The van der Waals surface area contributed by atoms with E-state index in [1.54, 1.807) is 0 Å². The molecule has 0 aliphatic carbocycles. The van der Waals surface area contributed by atoms with Gasteiger partial charge in [0.05, 0.1) is 0 Å². The number of hydrogen-bond donors (Lipinski definition) is 1. The lowest BCUT2D eigenvalue weighted by atomic mass is 10.1. The Balaban J connectivity index is 3.18. The Kier molecular flexibility index (Phi) is 10.5. The number of carbonyl (C=O) groups is 2. The highest BCUT2D eigenvalue weighted by Crippen LogP contribution is 2.04. The van der Waals surface area contributed by atoms with Gasteiger partial charge < -0.3 is 5.32 Å². The number of unbranched alkanes of at least 4 members (excludes halogenated alkanes) is 5. The third kappa shape index (κ3) is 11.5. The van der Waals surface area contributed by atoms with Crippen LogP contribution in [0.1, 0.15) is 58.3 Å². The van der Waals surface area contributed by atoms with E-state index < -0.39 is 5.24 Å². The second-order valence-corrected chi connectivity index (χ2v) is 4.39. The molecular formula is C12H22ClNO2. The number of carbonyl (C=O) groups excluding carboxylic acids is 2. The molecule has 0 aromatic rings. The Morgan fingerprint density at radius 3 is 2.25 bits per heavy atom. The third-order valence-corrected chi connectivity index (χ3v) is 2.59. The lowest BCUT2D eigenvalue weighted by Gasteiger charge is -2.04. The summed E-state index contributed by atoms with van der Waals surface area (Å²) in [5.74, 6) is -0.0810. The van der Waals surface area contributed by atoms with Gasteiger partial charge in [-0.15, -0.1) is 0 Å². The van der Waals surface area contributed by atoms with E-state index in [2.05, 4.69) is 12.2 Å². The summed E-state index contributed by atoms with van der Waals surface area (Å²) < 4.78 is 0. The molecule has 0 bridgehead atoms. The average Bonchev–Trinajstić information content (AvgIpc) is 2.25. The van der Waals surface area contributed by atoms with Crippen molar-refractivity contribution in [3.63, 3.8) is 0 Å². The Morgan fingerprint density at radius 1 is 1.00 bits per heavy atom. The number of nitrogens with one attached hydrogen (secondary N) is 1. The van der Waals surface area contributed by atoms with E-state index in [0.717, 1.165) is 12.8 Å². The Labute approximate surface area is 103 Å². The zero-order valence-corrected chi connectivity index (χ0v) is 10.8. The first-order valence-corrected chi connectivity index (χ1v) is 6.49. The van der Waals surface area contributed by atoms with Crippen LogP contribution in [-0.4, -0.2) is 17.7 Å². The maximum absolute atomic E-state index is 11.2. The van der Waals surface area contributed by atoms with Gasteiger partial charge in [0, 0.05) is 19.4 Å². The van der Waals surface area contributed by atoms with Gasteiger partial charge in [0.2, 0.25) is 11.1 Å². The lowest BCUT2D eigenvalue weighted by Crippen LogP contribution is -2.24. The van der Waals surface area contributed by atoms with Gasteiger partial charge in [-0.25, -0.2) is 0 Å². The van der Waals surface area contributed by atoms with Crippen LogP contribution in [0, 0.1) is 0 Å². The van der Waals surface area contributed by atoms with E-state index in [4.69, 9.17) is 11.6 Å². The first-order valence-electron chi connectivity index (χ1n) is 6.11. The molecule has 0 radical (unpaired) electrons. The van der Waals surface area contributed by atoms with Crippen molar-refractivity contribution in [2.45, 2.75) is 58.3 Å². The minimum atomic E-state index is -0.449. The van der Waals surface area contributed by atoms with Crippen LogP contribution >= 0.6 is 11.6 Å².